The van der Waals surface area contributed by atoms with Crippen LogP contribution in [-0.2, 0) is 4.79 Å². The monoisotopic (exact) mass is 394 g/mol. The SMILES string of the molecule is COc1ccc(N2C(=O)/C(=C\c3cccs3)N=C2c2ccc(Cl)cc2)cc1. The molecule has 1 amide bonds. The van der Waals surface area contributed by atoms with Crippen LogP contribution in [0.4, 0.5) is 5.69 Å². The molecule has 1 aromatic heterocycles. The van der Waals surface area contributed by atoms with Crippen LogP contribution in [0.15, 0.2) is 76.7 Å². The van der Waals surface area contributed by atoms with E-state index in [1.54, 1.807) is 35.5 Å². The summed E-state index contributed by atoms with van der Waals surface area (Å²) in [6, 6.07) is 18.5. The number of benzene rings is 2. The van der Waals surface area contributed by atoms with Crippen LogP contribution in [0.5, 0.6) is 5.75 Å². The number of ether oxygens (including phenoxy) is 1. The normalized spacial score (nSPS) is 15.3. The quantitative estimate of drug-likeness (QED) is 0.567. The second-order valence-corrected chi connectivity index (χ2v) is 7.24. The number of nitrogens with zero attached hydrogens (tertiary/aromatic N) is 2. The van der Waals surface area contributed by atoms with E-state index in [1.165, 1.54) is 0 Å². The Hall–Kier alpha value is -2.89. The van der Waals surface area contributed by atoms with E-state index >= 15 is 0 Å². The van der Waals surface area contributed by atoms with Gasteiger partial charge in [-0.3, -0.25) is 9.69 Å². The highest BCUT2D eigenvalue weighted by molar-refractivity contribution is 7.10. The number of amides is 1. The molecule has 0 atom stereocenters. The Morgan fingerprint density at radius 3 is 2.44 bits per heavy atom. The molecule has 0 fully saturated rings. The third-order valence-electron chi connectivity index (χ3n) is 4.12. The first kappa shape index (κ1) is 17.5. The van der Waals surface area contributed by atoms with Crippen LogP contribution in [0.1, 0.15) is 10.4 Å². The predicted molar refractivity (Wildman–Crippen MR) is 111 cm³/mol. The first-order valence-corrected chi connectivity index (χ1v) is 9.50. The lowest BCUT2D eigenvalue weighted by molar-refractivity contribution is -0.113. The fraction of sp³-hybridized carbons (Fsp3) is 0.0476. The van der Waals surface area contributed by atoms with Gasteiger partial charge in [0.2, 0.25) is 0 Å². The van der Waals surface area contributed by atoms with Crippen LogP contribution < -0.4 is 9.64 Å². The number of hydrogen-bond acceptors (Lipinski definition) is 4. The van der Waals surface area contributed by atoms with Gasteiger partial charge in [0.25, 0.3) is 5.91 Å². The molecule has 27 heavy (non-hydrogen) atoms. The molecule has 134 valence electrons. The number of methoxy groups -OCH3 is 1. The third kappa shape index (κ3) is 3.52. The molecular weight excluding hydrogens is 380 g/mol. The molecule has 1 aliphatic heterocycles. The summed E-state index contributed by atoms with van der Waals surface area (Å²) in [6.45, 7) is 0. The van der Waals surface area contributed by atoms with Gasteiger partial charge in [-0.25, -0.2) is 4.99 Å². The number of halogens is 1. The van der Waals surface area contributed by atoms with Gasteiger partial charge in [-0.15, -0.1) is 11.3 Å². The van der Waals surface area contributed by atoms with Gasteiger partial charge < -0.3 is 4.74 Å². The van der Waals surface area contributed by atoms with Crippen LogP contribution >= 0.6 is 22.9 Å². The molecule has 2 aromatic carbocycles. The number of aliphatic imine (C=N–C) groups is 1. The second kappa shape index (κ2) is 7.39. The maximum absolute atomic E-state index is 13.1. The Bertz CT molecular complexity index is 1020. The Morgan fingerprint density at radius 2 is 1.81 bits per heavy atom. The fourth-order valence-electron chi connectivity index (χ4n) is 2.79. The molecule has 0 unspecified atom stereocenters. The van der Waals surface area contributed by atoms with Gasteiger partial charge in [0.1, 0.15) is 17.3 Å². The van der Waals surface area contributed by atoms with E-state index in [2.05, 4.69) is 4.99 Å². The molecule has 3 aromatic rings. The number of rotatable bonds is 4. The van der Waals surface area contributed by atoms with Crippen molar-refractivity contribution in [3.63, 3.8) is 0 Å². The molecule has 0 saturated heterocycles. The lowest BCUT2D eigenvalue weighted by atomic mass is 10.1. The van der Waals surface area contributed by atoms with Crippen molar-refractivity contribution in [2.45, 2.75) is 0 Å². The number of carbonyl (C=O) groups excluding carboxylic acids is 1. The lowest BCUT2D eigenvalue weighted by Crippen LogP contribution is -2.32. The fourth-order valence-corrected chi connectivity index (χ4v) is 3.57. The molecule has 4 nitrogen and oxygen atoms in total. The van der Waals surface area contributed by atoms with E-state index in [0.717, 1.165) is 21.9 Å². The molecule has 0 spiro atoms. The Labute approximate surface area is 166 Å². The highest BCUT2D eigenvalue weighted by Gasteiger charge is 2.32. The standard InChI is InChI=1S/C21H15ClN2O2S/c1-26-17-10-8-16(9-11-17)24-20(14-4-6-15(22)7-5-14)23-19(21(24)25)13-18-3-2-12-27-18/h2-13H,1H3/b19-13+. The van der Waals surface area contributed by atoms with Crippen LogP contribution in [0, 0.1) is 0 Å². The zero-order valence-electron chi connectivity index (χ0n) is 14.4. The lowest BCUT2D eigenvalue weighted by Gasteiger charge is -2.19. The maximum atomic E-state index is 13.1. The minimum Gasteiger partial charge on any atom is -0.497 e. The van der Waals surface area contributed by atoms with Crippen molar-refractivity contribution in [2.75, 3.05) is 12.0 Å². The third-order valence-corrected chi connectivity index (χ3v) is 5.19. The average Bonchev–Trinajstić information content (AvgIpc) is 3.31. The number of carbonyl (C=O) groups is 1. The zero-order chi connectivity index (χ0) is 18.8. The summed E-state index contributed by atoms with van der Waals surface area (Å²) in [5.74, 6) is 1.13. The topological polar surface area (TPSA) is 41.9 Å². The molecule has 0 aliphatic carbocycles. The molecule has 1 aliphatic rings. The summed E-state index contributed by atoms with van der Waals surface area (Å²) in [5.41, 5.74) is 1.94. The molecule has 4 rings (SSSR count). The minimum absolute atomic E-state index is 0.168. The van der Waals surface area contributed by atoms with Crippen LogP contribution in [0.2, 0.25) is 5.02 Å². The van der Waals surface area contributed by atoms with Crippen LogP contribution in [0.25, 0.3) is 6.08 Å². The number of amidine groups is 1. The molecule has 0 saturated carbocycles. The van der Waals surface area contributed by atoms with E-state index in [1.807, 2.05) is 60.0 Å². The van der Waals surface area contributed by atoms with E-state index < -0.39 is 0 Å². The molecule has 0 bridgehead atoms. The van der Waals surface area contributed by atoms with Gasteiger partial charge in [-0.2, -0.15) is 0 Å². The van der Waals surface area contributed by atoms with Crippen molar-refractivity contribution in [2.24, 2.45) is 4.99 Å². The summed E-state index contributed by atoms with van der Waals surface area (Å²) in [6.07, 6.45) is 1.81. The van der Waals surface area contributed by atoms with Gasteiger partial charge in [0, 0.05) is 15.5 Å². The molecule has 0 radical (unpaired) electrons. The summed E-state index contributed by atoms with van der Waals surface area (Å²) in [4.78, 5) is 20.4. The van der Waals surface area contributed by atoms with Crippen LogP contribution in [0.3, 0.4) is 0 Å². The van der Waals surface area contributed by atoms with Gasteiger partial charge in [0.15, 0.2) is 0 Å². The van der Waals surface area contributed by atoms with Crippen LogP contribution in [-0.4, -0.2) is 18.9 Å². The van der Waals surface area contributed by atoms with Crippen molar-refractivity contribution >= 4 is 46.4 Å². The highest BCUT2D eigenvalue weighted by atomic mass is 35.5. The first-order chi connectivity index (χ1) is 13.2. The average molecular weight is 395 g/mol. The maximum Gasteiger partial charge on any atom is 0.282 e. The molecule has 2 heterocycles. The van der Waals surface area contributed by atoms with Crippen molar-refractivity contribution in [3.05, 3.63) is 87.2 Å². The highest BCUT2D eigenvalue weighted by Crippen LogP contribution is 2.30. The molecule has 0 N–H and O–H groups in total. The first-order valence-electron chi connectivity index (χ1n) is 8.24. The summed E-state index contributed by atoms with van der Waals surface area (Å²) in [7, 11) is 1.61. The summed E-state index contributed by atoms with van der Waals surface area (Å²) < 4.78 is 5.22. The predicted octanol–water partition coefficient (Wildman–Crippen LogP) is 5.24. The van der Waals surface area contributed by atoms with E-state index in [4.69, 9.17) is 16.3 Å². The summed E-state index contributed by atoms with van der Waals surface area (Å²) >= 11 is 7.58. The van der Waals surface area contributed by atoms with E-state index in [0.29, 0.717) is 16.6 Å². The van der Waals surface area contributed by atoms with E-state index in [9.17, 15) is 4.79 Å². The second-order valence-electron chi connectivity index (χ2n) is 5.83. The van der Waals surface area contributed by atoms with Crippen molar-refractivity contribution in [3.8, 4) is 5.75 Å². The number of anilines is 1. The summed E-state index contributed by atoms with van der Waals surface area (Å²) in [5, 5.41) is 2.60. The molecule has 6 heteroatoms. The van der Waals surface area contributed by atoms with Gasteiger partial charge in [-0.05, 0) is 66.1 Å². The Kier molecular flexibility index (Phi) is 4.79. The van der Waals surface area contributed by atoms with Gasteiger partial charge in [0.05, 0.1) is 12.8 Å². The Balaban J connectivity index is 1.80. The largest absolute Gasteiger partial charge is 0.497 e. The van der Waals surface area contributed by atoms with Gasteiger partial charge in [-0.1, -0.05) is 17.7 Å². The van der Waals surface area contributed by atoms with Crippen molar-refractivity contribution < 1.29 is 9.53 Å². The number of thiophene rings is 1. The zero-order valence-corrected chi connectivity index (χ0v) is 16.0. The molecular formula is C21H15ClN2O2S. The Morgan fingerprint density at radius 1 is 1.07 bits per heavy atom. The van der Waals surface area contributed by atoms with Crippen molar-refractivity contribution in [1.82, 2.24) is 0 Å². The van der Waals surface area contributed by atoms with E-state index in [-0.39, 0.29) is 5.91 Å². The minimum atomic E-state index is -0.168. The van der Waals surface area contributed by atoms with Crippen molar-refractivity contribution in [1.29, 1.82) is 0 Å². The smallest absolute Gasteiger partial charge is 0.282 e. The van der Waals surface area contributed by atoms with Gasteiger partial charge >= 0.3 is 0 Å². The number of hydrogen-bond donors (Lipinski definition) is 0.